The molecule has 3 heterocycles. The number of benzene rings is 1. The summed E-state index contributed by atoms with van der Waals surface area (Å²) >= 11 is 6.47. The number of halogens is 1. The third-order valence-corrected chi connectivity index (χ3v) is 5.25. The summed E-state index contributed by atoms with van der Waals surface area (Å²) in [6.07, 6.45) is 6.94. The molecular formula is C20H23ClN6O. The maximum Gasteiger partial charge on any atom is 0.162 e. The number of rotatable bonds is 5. The van der Waals surface area contributed by atoms with Crippen LogP contribution in [0.5, 0.6) is 5.75 Å². The van der Waals surface area contributed by atoms with E-state index in [-0.39, 0.29) is 0 Å². The number of nitrogens with zero attached hydrogens (tertiary/aromatic N) is 4. The Morgan fingerprint density at radius 2 is 2.04 bits per heavy atom. The van der Waals surface area contributed by atoms with Crippen molar-refractivity contribution in [1.82, 2.24) is 20.3 Å². The molecule has 8 heteroatoms. The Morgan fingerprint density at radius 3 is 2.79 bits per heavy atom. The highest BCUT2D eigenvalue weighted by molar-refractivity contribution is 6.32. The van der Waals surface area contributed by atoms with E-state index in [1.807, 2.05) is 18.3 Å². The molecule has 0 saturated carbocycles. The minimum absolute atomic E-state index is 0.410. The second kappa shape index (κ2) is 8.16. The van der Waals surface area contributed by atoms with Gasteiger partial charge in [0, 0.05) is 49.6 Å². The lowest BCUT2D eigenvalue weighted by molar-refractivity contribution is 0.408. The Balaban J connectivity index is 1.62. The Hall–Kier alpha value is -2.64. The molecule has 0 amide bonds. The van der Waals surface area contributed by atoms with Gasteiger partial charge in [0.05, 0.1) is 36.2 Å². The van der Waals surface area contributed by atoms with Crippen molar-refractivity contribution in [3.8, 4) is 5.75 Å². The summed E-state index contributed by atoms with van der Waals surface area (Å²) in [6.45, 7) is 5.48. The summed E-state index contributed by atoms with van der Waals surface area (Å²) in [7, 11) is 1.68. The number of hydrogen-bond acceptors (Lipinski definition) is 7. The summed E-state index contributed by atoms with van der Waals surface area (Å²) in [4.78, 5) is 15.3. The molecule has 2 aromatic heterocycles. The van der Waals surface area contributed by atoms with Crippen LogP contribution in [-0.2, 0) is 6.54 Å². The second-order valence-electron chi connectivity index (χ2n) is 6.88. The largest absolute Gasteiger partial charge is 0.493 e. The summed E-state index contributed by atoms with van der Waals surface area (Å²) in [5, 5.41) is 7.62. The Labute approximate surface area is 169 Å². The molecule has 0 radical (unpaired) electrons. The van der Waals surface area contributed by atoms with E-state index in [4.69, 9.17) is 16.3 Å². The van der Waals surface area contributed by atoms with E-state index in [0.29, 0.717) is 17.6 Å². The molecule has 146 valence electrons. The first kappa shape index (κ1) is 18.7. The number of methoxy groups -OCH3 is 1. The number of anilines is 2. The maximum absolute atomic E-state index is 6.47. The van der Waals surface area contributed by atoms with E-state index in [1.165, 1.54) is 0 Å². The smallest absolute Gasteiger partial charge is 0.162 e. The number of nitrogens with one attached hydrogen (secondary N) is 2. The SMILES string of the molecule is COc1cncc(NCc2cc3nccnc3cc2Cl)c1N1CCNC(C)C1. The number of piperazine rings is 1. The number of fused-ring (bicyclic) bond motifs is 1. The first-order valence-electron chi connectivity index (χ1n) is 9.29. The molecule has 3 aromatic rings. The van der Waals surface area contributed by atoms with Gasteiger partial charge in [-0.05, 0) is 24.6 Å². The monoisotopic (exact) mass is 398 g/mol. The lowest BCUT2D eigenvalue weighted by Crippen LogP contribution is -2.49. The Morgan fingerprint density at radius 1 is 1.25 bits per heavy atom. The molecule has 1 aromatic carbocycles. The lowest BCUT2D eigenvalue weighted by Gasteiger charge is -2.35. The molecule has 0 bridgehead atoms. The van der Waals surface area contributed by atoms with Crippen LogP contribution in [0.3, 0.4) is 0 Å². The quantitative estimate of drug-likeness (QED) is 0.683. The van der Waals surface area contributed by atoms with Crippen LogP contribution in [0.25, 0.3) is 11.0 Å². The molecular weight excluding hydrogens is 376 g/mol. The van der Waals surface area contributed by atoms with Crippen LogP contribution < -0.4 is 20.3 Å². The summed E-state index contributed by atoms with van der Waals surface area (Å²) in [5.41, 5.74) is 4.52. The van der Waals surface area contributed by atoms with Crippen LogP contribution in [-0.4, -0.2) is 47.7 Å². The van der Waals surface area contributed by atoms with Crippen molar-refractivity contribution in [3.05, 3.63) is 47.5 Å². The summed E-state index contributed by atoms with van der Waals surface area (Å²) in [5.74, 6) is 0.759. The molecule has 28 heavy (non-hydrogen) atoms. The molecule has 1 fully saturated rings. The summed E-state index contributed by atoms with van der Waals surface area (Å²) < 4.78 is 5.60. The van der Waals surface area contributed by atoms with Gasteiger partial charge >= 0.3 is 0 Å². The standard InChI is InChI=1S/C20H23ClN6O/c1-13-12-27(6-5-23-13)20-18(10-22-11-19(20)28-2)26-9-14-7-16-17(8-15(14)21)25-4-3-24-16/h3-4,7-8,10-11,13,23,26H,5-6,9,12H2,1-2H3. The molecule has 1 aliphatic heterocycles. The van der Waals surface area contributed by atoms with Gasteiger partial charge < -0.3 is 20.3 Å². The molecule has 1 aliphatic rings. The zero-order valence-electron chi connectivity index (χ0n) is 15.9. The van der Waals surface area contributed by atoms with E-state index in [1.54, 1.807) is 25.7 Å². The Kier molecular flexibility index (Phi) is 5.45. The molecule has 1 atom stereocenters. The highest BCUT2D eigenvalue weighted by atomic mass is 35.5. The molecule has 0 aliphatic carbocycles. The van der Waals surface area contributed by atoms with E-state index in [9.17, 15) is 0 Å². The van der Waals surface area contributed by atoms with Gasteiger partial charge in [0.15, 0.2) is 5.75 Å². The normalized spacial score (nSPS) is 17.0. The van der Waals surface area contributed by atoms with E-state index < -0.39 is 0 Å². The first-order chi connectivity index (χ1) is 13.7. The number of aromatic nitrogens is 3. The molecule has 4 rings (SSSR count). The number of hydrogen-bond donors (Lipinski definition) is 2. The van der Waals surface area contributed by atoms with E-state index >= 15 is 0 Å². The molecule has 7 nitrogen and oxygen atoms in total. The zero-order chi connectivity index (χ0) is 19.5. The fraction of sp³-hybridized carbons (Fsp3) is 0.350. The molecule has 2 N–H and O–H groups in total. The van der Waals surface area contributed by atoms with Gasteiger partial charge in [-0.1, -0.05) is 11.6 Å². The average molecular weight is 399 g/mol. The van der Waals surface area contributed by atoms with Crippen molar-refractivity contribution >= 4 is 34.0 Å². The molecule has 1 saturated heterocycles. The molecule has 1 unspecified atom stereocenters. The van der Waals surface area contributed by atoms with E-state index in [0.717, 1.165) is 53.4 Å². The van der Waals surface area contributed by atoms with Crippen molar-refractivity contribution in [1.29, 1.82) is 0 Å². The van der Waals surface area contributed by atoms with Gasteiger partial charge in [-0.3, -0.25) is 15.0 Å². The highest BCUT2D eigenvalue weighted by Gasteiger charge is 2.22. The van der Waals surface area contributed by atoms with Crippen LogP contribution in [0, 0.1) is 0 Å². The zero-order valence-corrected chi connectivity index (χ0v) is 16.7. The number of ether oxygens (including phenoxy) is 1. The van der Waals surface area contributed by atoms with Crippen LogP contribution in [0.1, 0.15) is 12.5 Å². The third-order valence-electron chi connectivity index (χ3n) is 4.90. The van der Waals surface area contributed by atoms with Crippen molar-refractivity contribution in [2.75, 3.05) is 37.0 Å². The fourth-order valence-corrected chi connectivity index (χ4v) is 3.75. The van der Waals surface area contributed by atoms with Gasteiger partial charge in [-0.2, -0.15) is 0 Å². The highest BCUT2D eigenvalue weighted by Crippen LogP contribution is 2.36. The average Bonchev–Trinajstić information content (AvgIpc) is 2.71. The van der Waals surface area contributed by atoms with Gasteiger partial charge in [-0.15, -0.1) is 0 Å². The molecule has 0 spiro atoms. The minimum atomic E-state index is 0.410. The van der Waals surface area contributed by atoms with Gasteiger partial charge in [0.2, 0.25) is 0 Å². The van der Waals surface area contributed by atoms with Gasteiger partial charge in [0.1, 0.15) is 5.69 Å². The van der Waals surface area contributed by atoms with Crippen molar-refractivity contribution in [2.24, 2.45) is 0 Å². The van der Waals surface area contributed by atoms with Gasteiger partial charge in [-0.25, -0.2) is 0 Å². The van der Waals surface area contributed by atoms with E-state index in [2.05, 4.69) is 37.4 Å². The van der Waals surface area contributed by atoms with Gasteiger partial charge in [0.25, 0.3) is 0 Å². The minimum Gasteiger partial charge on any atom is -0.493 e. The van der Waals surface area contributed by atoms with Crippen LogP contribution in [0.15, 0.2) is 36.9 Å². The first-order valence-corrected chi connectivity index (χ1v) is 9.67. The lowest BCUT2D eigenvalue weighted by atomic mass is 10.1. The van der Waals surface area contributed by atoms with Crippen molar-refractivity contribution in [2.45, 2.75) is 19.5 Å². The fourth-order valence-electron chi connectivity index (χ4n) is 3.53. The Bertz CT molecular complexity index is 982. The predicted molar refractivity (Wildman–Crippen MR) is 112 cm³/mol. The maximum atomic E-state index is 6.47. The van der Waals surface area contributed by atoms with Crippen LogP contribution in [0.2, 0.25) is 5.02 Å². The van der Waals surface area contributed by atoms with Crippen molar-refractivity contribution in [3.63, 3.8) is 0 Å². The van der Waals surface area contributed by atoms with Crippen LogP contribution >= 0.6 is 11.6 Å². The topological polar surface area (TPSA) is 75.2 Å². The number of pyridine rings is 1. The summed E-state index contributed by atoms with van der Waals surface area (Å²) in [6, 6.07) is 4.23. The predicted octanol–water partition coefficient (Wildman–Crippen LogP) is 3.10. The van der Waals surface area contributed by atoms with Crippen molar-refractivity contribution < 1.29 is 4.74 Å². The third kappa shape index (κ3) is 3.81. The second-order valence-corrected chi connectivity index (χ2v) is 7.29. The van der Waals surface area contributed by atoms with Crippen LogP contribution in [0.4, 0.5) is 11.4 Å².